The average molecular weight is 497 g/mol. The molecule has 1 saturated heterocycles. The van der Waals surface area contributed by atoms with Crippen molar-refractivity contribution in [3.8, 4) is 11.5 Å². The Morgan fingerprint density at radius 2 is 1.81 bits per heavy atom. The molecule has 0 aromatic heterocycles. The first kappa shape index (κ1) is 24.1. The maximum absolute atomic E-state index is 13.1. The molecule has 3 aliphatic rings. The van der Waals surface area contributed by atoms with Crippen molar-refractivity contribution in [1.29, 1.82) is 0 Å². The topological polar surface area (TPSA) is 50.8 Å². The third kappa shape index (κ3) is 5.24. The van der Waals surface area contributed by atoms with Crippen LogP contribution >= 0.6 is 0 Å². The van der Waals surface area contributed by atoms with E-state index < -0.39 is 0 Å². The van der Waals surface area contributed by atoms with Crippen LogP contribution in [0.5, 0.6) is 11.5 Å². The molecule has 0 radical (unpaired) electrons. The fourth-order valence-electron chi connectivity index (χ4n) is 6.39. The molecular formula is C32H36N2O3. The number of methoxy groups -OCH3 is 1. The highest BCUT2D eigenvalue weighted by atomic mass is 16.5. The number of carbonyl (C=O) groups is 1. The molecule has 5 nitrogen and oxygen atoms in total. The molecule has 1 saturated carbocycles. The van der Waals surface area contributed by atoms with Crippen molar-refractivity contribution in [2.75, 3.05) is 33.4 Å². The number of carbonyl (C=O) groups excluding carboxylic acids is 1. The molecule has 3 aromatic rings. The zero-order valence-electron chi connectivity index (χ0n) is 21.6. The van der Waals surface area contributed by atoms with E-state index in [0.717, 1.165) is 60.3 Å². The Hall–Kier alpha value is -3.31. The Morgan fingerprint density at radius 1 is 1.00 bits per heavy atom. The van der Waals surface area contributed by atoms with Gasteiger partial charge in [-0.05, 0) is 97.6 Å². The number of rotatable bonds is 6. The Kier molecular flexibility index (Phi) is 6.88. The maximum atomic E-state index is 13.1. The first-order chi connectivity index (χ1) is 18.2. The van der Waals surface area contributed by atoms with Crippen LogP contribution < -0.4 is 14.8 Å². The smallest absolute Gasteiger partial charge is 0.250 e. The summed E-state index contributed by atoms with van der Waals surface area (Å²) >= 11 is 0. The lowest BCUT2D eigenvalue weighted by Gasteiger charge is -2.33. The second kappa shape index (κ2) is 10.6. The van der Waals surface area contributed by atoms with Gasteiger partial charge < -0.3 is 19.7 Å². The summed E-state index contributed by atoms with van der Waals surface area (Å²) in [6, 6.07) is 21.2. The molecule has 3 aromatic carbocycles. The SMILES string of the molecule is COc1ccc(C2CCN(C[C@@H]3CC[C@H](NC(=O)C4=Cc5c(ccc6ccccc56)OC4)C3)CC2)cc1. The first-order valence-corrected chi connectivity index (χ1v) is 13.7. The molecule has 2 fully saturated rings. The molecule has 2 atom stereocenters. The van der Waals surface area contributed by atoms with Crippen LogP contribution in [0.15, 0.2) is 66.2 Å². The number of ether oxygens (including phenoxy) is 2. The molecule has 1 amide bonds. The van der Waals surface area contributed by atoms with Gasteiger partial charge in [0.25, 0.3) is 5.91 Å². The van der Waals surface area contributed by atoms with Crippen LogP contribution in [0, 0.1) is 5.92 Å². The molecule has 192 valence electrons. The van der Waals surface area contributed by atoms with Gasteiger partial charge in [-0.25, -0.2) is 0 Å². The molecule has 0 bridgehead atoms. The van der Waals surface area contributed by atoms with E-state index in [1.165, 1.54) is 24.8 Å². The number of hydrogen-bond donors (Lipinski definition) is 1. The number of likely N-dealkylation sites (tertiary alicyclic amines) is 1. The van der Waals surface area contributed by atoms with Gasteiger partial charge in [0, 0.05) is 18.2 Å². The van der Waals surface area contributed by atoms with E-state index in [-0.39, 0.29) is 11.9 Å². The van der Waals surface area contributed by atoms with E-state index in [1.807, 2.05) is 24.3 Å². The van der Waals surface area contributed by atoms with E-state index >= 15 is 0 Å². The number of nitrogens with one attached hydrogen (secondary N) is 1. The predicted molar refractivity (Wildman–Crippen MR) is 148 cm³/mol. The summed E-state index contributed by atoms with van der Waals surface area (Å²) in [7, 11) is 1.72. The van der Waals surface area contributed by atoms with Crippen molar-refractivity contribution in [1.82, 2.24) is 10.2 Å². The Morgan fingerprint density at radius 3 is 2.62 bits per heavy atom. The second-order valence-corrected chi connectivity index (χ2v) is 10.9. The summed E-state index contributed by atoms with van der Waals surface area (Å²) < 4.78 is 11.3. The zero-order chi connectivity index (χ0) is 25.2. The van der Waals surface area contributed by atoms with Crippen LogP contribution in [-0.4, -0.2) is 50.2 Å². The average Bonchev–Trinajstić information content (AvgIpc) is 3.39. The fourth-order valence-corrected chi connectivity index (χ4v) is 6.39. The number of amides is 1. The van der Waals surface area contributed by atoms with Gasteiger partial charge >= 0.3 is 0 Å². The maximum Gasteiger partial charge on any atom is 0.250 e. The van der Waals surface area contributed by atoms with Gasteiger partial charge in [-0.15, -0.1) is 0 Å². The molecule has 1 N–H and O–H groups in total. The van der Waals surface area contributed by atoms with Crippen LogP contribution in [0.2, 0.25) is 0 Å². The molecule has 37 heavy (non-hydrogen) atoms. The summed E-state index contributed by atoms with van der Waals surface area (Å²) in [6.07, 6.45) is 7.76. The fraction of sp³-hybridized carbons (Fsp3) is 0.406. The van der Waals surface area contributed by atoms with Gasteiger partial charge in [0.05, 0.1) is 12.7 Å². The minimum absolute atomic E-state index is 0.0181. The third-order valence-electron chi connectivity index (χ3n) is 8.49. The van der Waals surface area contributed by atoms with Gasteiger partial charge in [0.15, 0.2) is 0 Å². The van der Waals surface area contributed by atoms with Crippen molar-refractivity contribution in [2.24, 2.45) is 5.92 Å². The number of benzene rings is 3. The lowest BCUT2D eigenvalue weighted by Crippen LogP contribution is -2.38. The summed E-state index contributed by atoms with van der Waals surface area (Å²) in [5.74, 6) is 3.10. The van der Waals surface area contributed by atoms with E-state index in [0.29, 0.717) is 24.0 Å². The molecule has 0 spiro atoms. The summed E-state index contributed by atoms with van der Waals surface area (Å²) in [5, 5.41) is 5.60. The minimum atomic E-state index is 0.0181. The van der Waals surface area contributed by atoms with Crippen LogP contribution in [0.3, 0.4) is 0 Å². The molecule has 5 heteroatoms. The second-order valence-electron chi connectivity index (χ2n) is 10.9. The highest BCUT2D eigenvalue weighted by Gasteiger charge is 2.30. The van der Waals surface area contributed by atoms with Gasteiger partial charge in [0.2, 0.25) is 0 Å². The standard InChI is InChI=1S/C32H36N2O3/c1-36-28-11-7-23(8-12-28)24-14-16-34(17-15-24)20-22-6-10-27(18-22)33-32(35)26-19-30-29-5-3-2-4-25(29)9-13-31(30)37-21-26/h2-5,7-9,11-13,19,22,24,27H,6,10,14-18,20-21H2,1H3,(H,33,35)/t22-,27+/m1/s1. The Bertz CT molecular complexity index is 1290. The quantitative estimate of drug-likeness (QED) is 0.469. The lowest BCUT2D eigenvalue weighted by atomic mass is 9.89. The Labute approximate surface area is 219 Å². The molecule has 2 aliphatic heterocycles. The largest absolute Gasteiger partial charge is 0.497 e. The number of fused-ring (bicyclic) bond motifs is 3. The zero-order valence-corrected chi connectivity index (χ0v) is 21.6. The summed E-state index contributed by atoms with van der Waals surface area (Å²) in [5.41, 5.74) is 3.16. The monoisotopic (exact) mass is 496 g/mol. The van der Waals surface area contributed by atoms with Gasteiger partial charge in [-0.1, -0.05) is 42.5 Å². The van der Waals surface area contributed by atoms with Crippen molar-refractivity contribution >= 4 is 22.8 Å². The number of piperidine rings is 1. The van der Waals surface area contributed by atoms with Crippen molar-refractivity contribution in [3.63, 3.8) is 0 Å². The predicted octanol–water partition coefficient (Wildman–Crippen LogP) is 5.79. The van der Waals surface area contributed by atoms with Gasteiger partial charge in [-0.3, -0.25) is 4.79 Å². The van der Waals surface area contributed by atoms with E-state index in [1.54, 1.807) is 7.11 Å². The highest BCUT2D eigenvalue weighted by Crippen LogP contribution is 2.34. The minimum Gasteiger partial charge on any atom is -0.497 e. The summed E-state index contributed by atoms with van der Waals surface area (Å²) in [4.78, 5) is 15.8. The van der Waals surface area contributed by atoms with Gasteiger partial charge in [0.1, 0.15) is 18.1 Å². The number of nitrogens with zero attached hydrogens (tertiary/aromatic N) is 1. The van der Waals surface area contributed by atoms with Crippen LogP contribution in [-0.2, 0) is 4.79 Å². The number of hydrogen-bond acceptors (Lipinski definition) is 4. The Balaban J connectivity index is 1.00. The lowest BCUT2D eigenvalue weighted by molar-refractivity contribution is -0.118. The summed E-state index contributed by atoms with van der Waals surface area (Å²) in [6.45, 7) is 3.78. The molecule has 6 rings (SSSR count). The van der Waals surface area contributed by atoms with Crippen LogP contribution in [0.4, 0.5) is 0 Å². The molecule has 2 heterocycles. The van der Waals surface area contributed by atoms with E-state index in [4.69, 9.17) is 9.47 Å². The highest BCUT2D eigenvalue weighted by molar-refractivity contribution is 6.03. The van der Waals surface area contributed by atoms with Crippen molar-refractivity contribution in [2.45, 2.75) is 44.1 Å². The molecule has 1 aliphatic carbocycles. The normalized spacial score (nSPS) is 22.2. The van der Waals surface area contributed by atoms with Crippen LogP contribution in [0.1, 0.15) is 49.1 Å². The van der Waals surface area contributed by atoms with Crippen molar-refractivity contribution < 1.29 is 14.3 Å². The third-order valence-corrected chi connectivity index (χ3v) is 8.49. The molecule has 0 unspecified atom stereocenters. The van der Waals surface area contributed by atoms with Crippen LogP contribution in [0.25, 0.3) is 16.8 Å². The first-order valence-electron chi connectivity index (χ1n) is 13.7. The van der Waals surface area contributed by atoms with E-state index in [2.05, 4.69) is 52.7 Å². The van der Waals surface area contributed by atoms with Gasteiger partial charge in [-0.2, -0.15) is 0 Å². The van der Waals surface area contributed by atoms with E-state index in [9.17, 15) is 4.79 Å². The van der Waals surface area contributed by atoms with Crippen molar-refractivity contribution in [3.05, 3.63) is 77.4 Å². The molecular weight excluding hydrogens is 460 g/mol.